The van der Waals surface area contributed by atoms with Crippen molar-refractivity contribution in [2.24, 2.45) is 11.7 Å². The molecule has 1 fully saturated rings. The lowest BCUT2D eigenvalue weighted by molar-refractivity contribution is 0.100. The SMILES string of the molecule is COc1ccc(-c2ccc3c4c(C(N)=O)cccc4n(CC4CCCC4)c3c2)cc1. The molecule has 152 valence electrons. The molecule has 1 aliphatic rings. The zero-order chi connectivity index (χ0) is 20.7. The third-order valence-corrected chi connectivity index (χ3v) is 6.50. The Balaban J connectivity index is 1.73. The number of carbonyl (C=O) groups is 1. The Morgan fingerprint density at radius 2 is 1.73 bits per heavy atom. The van der Waals surface area contributed by atoms with E-state index in [1.807, 2.05) is 24.3 Å². The Kier molecular flexibility index (Phi) is 4.70. The van der Waals surface area contributed by atoms with E-state index in [-0.39, 0.29) is 5.91 Å². The number of hydrogen-bond donors (Lipinski definition) is 1. The maximum Gasteiger partial charge on any atom is 0.249 e. The second kappa shape index (κ2) is 7.52. The van der Waals surface area contributed by atoms with E-state index in [4.69, 9.17) is 10.5 Å². The van der Waals surface area contributed by atoms with Gasteiger partial charge in [0.2, 0.25) is 5.91 Å². The highest BCUT2D eigenvalue weighted by atomic mass is 16.5. The van der Waals surface area contributed by atoms with E-state index >= 15 is 0 Å². The number of hydrogen-bond acceptors (Lipinski definition) is 2. The van der Waals surface area contributed by atoms with Gasteiger partial charge in [0.05, 0.1) is 7.11 Å². The van der Waals surface area contributed by atoms with E-state index in [1.165, 1.54) is 31.2 Å². The van der Waals surface area contributed by atoms with Gasteiger partial charge in [-0.25, -0.2) is 0 Å². The summed E-state index contributed by atoms with van der Waals surface area (Å²) in [6, 6.07) is 20.5. The van der Waals surface area contributed by atoms with Crippen molar-refractivity contribution < 1.29 is 9.53 Å². The first-order chi connectivity index (χ1) is 14.7. The molecular formula is C26H26N2O2. The first-order valence-electron chi connectivity index (χ1n) is 10.6. The lowest BCUT2D eigenvalue weighted by atomic mass is 10.0. The van der Waals surface area contributed by atoms with Crippen LogP contribution in [-0.4, -0.2) is 17.6 Å². The first-order valence-corrected chi connectivity index (χ1v) is 10.6. The molecule has 0 spiro atoms. The summed E-state index contributed by atoms with van der Waals surface area (Å²) in [4.78, 5) is 12.2. The summed E-state index contributed by atoms with van der Waals surface area (Å²) in [6.45, 7) is 0.980. The number of methoxy groups -OCH3 is 1. The van der Waals surface area contributed by atoms with Gasteiger partial charge in [0.25, 0.3) is 0 Å². The highest BCUT2D eigenvalue weighted by molar-refractivity contribution is 6.18. The lowest BCUT2D eigenvalue weighted by Crippen LogP contribution is -2.11. The first kappa shape index (κ1) is 18.7. The highest BCUT2D eigenvalue weighted by Gasteiger charge is 2.21. The predicted octanol–water partition coefficient (Wildman–Crippen LogP) is 5.76. The zero-order valence-corrected chi connectivity index (χ0v) is 17.2. The van der Waals surface area contributed by atoms with Gasteiger partial charge in [0.15, 0.2) is 0 Å². The molecule has 1 saturated carbocycles. The Bertz CT molecular complexity index is 1230. The maximum atomic E-state index is 12.2. The molecule has 4 nitrogen and oxygen atoms in total. The van der Waals surface area contributed by atoms with Crippen molar-refractivity contribution in [3.05, 3.63) is 66.2 Å². The van der Waals surface area contributed by atoms with Crippen molar-refractivity contribution in [2.75, 3.05) is 7.11 Å². The van der Waals surface area contributed by atoms with E-state index in [2.05, 4.69) is 41.0 Å². The van der Waals surface area contributed by atoms with Crippen LogP contribution in [0.2, 0.25) is 0 Å². The molecule has 1 aliphatic carbocycles. The van der Waals surface area contributed by atoms with E-state index in [0.717, 1.165) is 39.7 Å². The average Bonchev–Trinajstić information content (AvgIpc) is 3.40. The van der Waals surface area contributed by atoms with Crippen LogP contribution in [-0.2, 0) is 6.54 Å². The Labute approximate surface area is 176 Å². The Morgan fingerprint density at radius 1 is 1.00 bits per heavy atom. The predicted molar refractivity (Wildman–Crippen MR) is 122 cm³/mol. The number of nitrogens with two attached hydrogens (primary N) is 1. The van der Waals surface area contributed by atoms with Crippen molar-refractivity contribution in [1.29, 1.82) is 0 Å². The molecule has 1 aromatic heterocycles. The fourth-order valence-electron chi connectivity index (χ4n) is 4.96. The number of benzene rings is 3. The molecule has 0 radical (unpaired) electrons. The summed E-state index contributed by atoms with van der Waals surface area (Å²) in [6.07, 6.45) is 5.17. The van der Waals surface area contributed by atoms with E-state index < -0.39 is 0 Å². The minimum atomic E-state index is -0.375. The van der Waals surface area contributed by atoms with Crippen LogP contribution < -0.4 is 10.5 Å². The summed E-state index contributed by atoms with van der Waals surface area (Å²) in [5.41, 5.74) is 10.9. The number of carbonyl (C=O) groups excluding carboxylic acids is 1. The molecule has 0 unspecified atom stereocenters. The van der Waals surface area contributed by atoms with Crippen LogP contribution >= 0.6 is 0 Å². The molecule has 4 aromatic rings. The number of primary amides is 1. The number of amides is 1. The zero-order valence-electron chi connectivity index (χ0n) is 17.2. The fraction of sp³-hybridized carbons (Fsp3) is 0.269. The summed E-state index contributed by atoms with van der Waals surface area (Å²) < 4.78 is 7.70. The monoisotopic (exact) mass is 398 g/mol. The van der Waals surface area contributed by atoms with Crippen molar-refractivity contribution in [2.45, 2.75) is 32.2 Å². The molecule has 0 saturated heterocycles. The summed E-state index contributed by atoms with van der Waals surface area (Å²) in [5.74, 6) is 1.16. The molecule has 4 heteroatoms. The number of nitrogens with zero attached hydrogens (tertiary/aromatic N) is 1. The van der Waals surface area contributed by atoms with Crippen molar-refractivity contribution in [3.8, 4) is 16.9 Å². The molecule has 0 atom stereocenters. The van der Waals surface area contributed by atoms with Gasteiger partial charge in [-0.3, -0.25) is 4.79 Å². The number of aromatic nitrogens is 1. The van der Waals surface area contributed by atoms with Crippen LogP contribution in [0.25, 0.3) is 32.9 Å². The summed E-state index contributed by atoms with van der Waals surface area (Å²) in [5, 5.41) is 2.06. The van der Waals surface area contributed by atoms with Gasteiger partial charge in [-0.2, -0.15) is 0 Å². The molecule has 1 heterocycles. The van der Waals surface area contributed by atoms with Gasteiger partial charge in [-0.05, 0) is 60.2 Å². The third kappa shape index (κ3) is 3.13. The van der Waals surface area contributed by atoms with Crippen LogP contribution in [0.4, 0.5) is 0 Å². The number of ether oxygens (including phenoxy) is 1. The van der Waals surface area contributed by atoms with Crippen molar-refractivity contribution >= 4 is 27.7 Å². The van der Waals surface area contributed by atoms with E-state index in [0.29, 0.717) is 11.5 Å². The molecule has 1 amide bonds. The molecule has 2 N–H and O–H groups in total. The van der Waals surface area contributed by atoms with Gasteiger partial charge in [0, 0.05) is 33.9 Å². The van der Waals surface area contributed by atoms with E-state index in [1.54, 1.807) is 7.11 Å². The molecular weight excluding hydrogens is 372 g/mol. The van der Waals surface area contributed by atoms with Gasteiger partial charge >= 0.3 is 0 Å². The van der Waals surface area contributed by atoms with Crippen LogP contribution in [0.5, 0.6) is 5.75 Å². The van der Waals surface area contributed by atoms with Crippen LogP contribution in [0.15, 0.2) is 60.7 Å². The third-order valence-electron chi connectivity index (χ3n) is 6.50. The van der Waals surface area contributed by atoms with Crippen LogP contribution in [0, 0.1) is 5.92 Å². The average molecular weight is 399 g/mol. The van der Waals surface area contributed by atoms with Gasteiger partial charge in [-0.1, -0.05) is 43.2 Å². The minimum absolute atomic E-state index is 0.375. The molecule has 30 heavy (non-hydrogen) atoms. The second-order valence-electron chi connectivity index (χ2n) is 8.29. The highest BCUT2D eigenvalue weighted by Crippen LogP contribution is 2.37. The minimum Gasteiger partial charge on any atom is -0.497 e. The molecule has 3 aromatic carbocycles. The van der Waals surface area contributed by atoms with Crippen LogP contribution in [0.3, 0.4) is 0 Å². The topological polar surface area (TPSA) is 57.2 Å². The Morgan fingerprint density at radius 3 is 2.43 bits per heavy atom. The maximum absolute atomic E-state index is 12.2. The number of fused-ring (bicyclic) bond motifs is 3. The van der Waals surface area contributed by atoms with Gasteiger partial charge in [-0.15, -0.1) is 0 Å². The van der Waals surface area contributed by atoms with Gasteiger partial charge in [0.1, 0.15) is 5.75 Å². The second-order valence-corrected chi connectivity index (χ2v) is 8.29. The molecule has 0 bridgehead atoms. The lowest BCUT2D eigenvalue weighted by Gasteiger charge is -2.14. The number of rotatable bonds is 5. The molecule has 0 aliphatic heterocycles. The fourth-order valence-corrected chi connectivity index (χ4v) is 4.96. The summed E-state index contributed by atoms with van der Waals surface area (Å²) in [7, 11) is 1.68. The van der Waals surface area contributed by atoms with E-state index in [9.17, 15) is 4.79 Å². The Hall–Kier alpha value is -3.27. The quantitative estimate of drug-likeness (QED) is 0.465. The normalized spacial score (nSPS) is 14.6. The largest absolute Gasteiger partial charge is 0.497 e. The standard InChI is InChI=1S/C26H26N2O2/c1-30-20-12-9-18(10-13-20)19-11-14-21-24(15-19)28(16-17-5-2-3-6-17)23-8-4-7-22(25(21)23)26(27)29/h4,7-15,17H,2-3,5-6,16H2,1H3,(H2,27,29). The van der Waals surface area contributed by atoms with Crippen molar-refractivity contribution in [3.63, 3.8) is 0 Å². The summed E-state index contributed by atoms with van der Waals surface area (Å²) >= 11 is 0. The van der Waals surface area contributed by atoms with Gasteiger partial charge < -0.3 is 15.0 Å². The molecule has 5 rings (SSSR count). The van der Waals surface area contributed by atoms with Crippen molar-refractivity contribution in [1.82, 2.24) is 4.57 Å². The smallest absolute Gasteiger partial charge is 0.249 e. The van der Waals surface area contributed by atoms with Crippen LogP contribution in [0.1, 0.15) is 36.0 Å².